The summed E-state index contributed by atoms with van der Waals surface area (Å²) in [7, 11) is 1.71. The normalized spacial score (nSPS) is 12.1. The van der Waals surface area contributed by atoms with Gasteiger partial charge in [0.25, 0.3) is 0 Å². The molecule has 1 atom stereocenters. The Morgan fingerprint density at radius 2 is 1.57 bits per heavy atom. The van der Waals surface area contributed by atoms with E-state index >= 15 is 0 Å². The molecule has 35 heavy (non-hydrogen) atoms. The minimum atomic E-state index is -1.00. The van der Waals surface area contributed by atoms with Crippen molar-refractivity contribution in [3.63, 3.8) is 0 Å². The Labute approximate surface area is 214 Å². The van der Waals surface area contributed by atoms with Gasteiger partial charge < -0.3 is 14.8 Å². The van der Waals surface area contributed by atoms with Crippen LogP contribution in [-0.2, 0) is 18.3 Å². The van der Waals surface area contributed by atoms with Gasteiger partial charge in [0.1, 0.15) is 5.69 Å². The zero-order valence-electron chi connectivity index (χ0n) is 21.4. The zero-order valence-corrected chi connectivity index (χ0v) is 22.2. The van der Waals surface area contributed by atoms with E-state index in [4.69, 9.17) is 5.11 Å². The highest BCUT2D eigenvalue weighted by atomic mass is 32.2. The van der Waals surface area contributed by atoms with E-state index in [0.29, 0.717) is 18.0 Å². The second-order valence-electron chi connectivity index (χ2n) is 9.31. The zero-order chi connectivity index (χ0) is 25.5. The Balaban J connectivity index is 1.97. The molecule has 2 rings (SSSR count). The number of unbranched alkanes of at least 4 members (excludes halogenated alkanes) is 9. The van der Waals surface area contributed by atoms with Crippen molar-refractivity contribution in [3.05, 3.63) is 47.3 Å². The van der Waals surface area contributed by atoms with Crippen LogP contribution < -0.4 is 0 Å². The summed E-state index contributed by atoms with van der Waals surface area (Å²) in [5, 5.41) is 19.1. The number of aromatic carboxylic acids is 1. The van der Waals surface area contributed by atoms with Crippen molar-refractivity contribution >= 4 is 23.7 Å². The van der Waals surface area contributed by atoms with Crippen LogP contribution in [0.1, 0.15) is 117 Å². The molecule has 0 aliphatic carbocycles. The SMILES string of the molecule is CCCCCCCCCCCCc1ccccc1C(CCCC(=O)O)Sc1ncc(C(=O)O)n1C. The molecule has 0 saturated heterocycles. The molecule has 0 amide bonds. The molecule has 6 nitrogen and oxygen atoms in total. The number of carboxylic acid groups (broad SMARTS) is 2. The van der Waals surface area contributed by atoms with E-state index < -0.39 is 11.9 Å². The Kier molecular flexibility index (Phi) is 13.6. The monoisotopic (exact) mass is 502 g/mol. The van der Waals surface area contributed by atoms with Crippen LogP contribution in [0.2, 0.25) is 0 Å². The minimum Gasteiger partial charge on any atom is -0.481 e. The first kappa shape index (κ1) is 29.0. The molecule has 1 aromatic carbocycles. The fourth-order valence-electron chi connectivity index (χ4n) is 4.42. The minimum absolute atomic E-state index is 0.0245. The van der Waals surface area contributed by atoms with E-state index in [1.54, 1.807) is 11.6 Å². The van der Waals surface area contributed by atoms with Crippen molar-refractivity contribution in [2.24, 2.45) is 7.05 Å². The van der Waals surface area contributed by atoms with E-state index in [1.165, 1.54) is 86.9 Å². The molecule has 1 aromatic heterocycles. The number of carboxylic acids is 2. The third-order valence-corrected chi connectivity index (χ3v) is 7.84. The van der Waals surface area contributed by atoms with Gasteiger partial charge in [-0.2, -0.15) is 0 Å². The highest BCUT2D eigenvalue weighted by Gasteiger charge is 2.21. The lowest BCUT2D eigenvalue weighted by atomic mass is 9.96. The quantitative estimate of drug-likeness (QED) is 0.151. The molecule has 0 bridgehead atoms. The summed E-state index contributed by atoms with van der Waals surface area (Å²) in [6.07, 6.45) is 16.8. The largest absolute Gasteiger partial charge is 0.481 e. The molecule has 0 saturated carbocycles. The molecule has 0 spiro atoms. The van der Waals surface area contributed by atoms with Crippen LogP contribution in [0.5, 0.6) is 0 Å². The van der Waals surface area contributed by atoms with Crippen molar-refractivity contribution in [2.75, 3.05) is 0 Å². The number of aliphatic carboxylic acids is 1. The first-order valence-electron chi connectivity index (χ1n) is 13.1. The van der Waals surface area contributed by atoms with Gasteiger partial charge in [-0.15, -0.1) is 0 Å². The fraction of sp³-hybridized carbons (Fsp3) is 0.607. The van der Waals surface area contributed by atoms with Crippen molar-refractivity contribution in [2.45, 2.75) is 107 Å². The predicted octanol–water partition coefficient (Wildman–Crippen LogP) is 7.67. The maximum atomic E-state index is 11.4. The number of hydrogen-bond donors (Lipinski definition) is 2. The number of carbonyl (C=O) groups is 2. The van der Waals surface area contributed by atoms with E-state index in [-0.39, 0.29) is 17.4 Å². The lowest BCUT2D eigenvalue weighted by Crippen LogP contribution is -2.07. The third kappa shape index (κ3) is 10.5. The van der Waals surface area contributed by atoms with Crippen molar-refractivity contribution in [3.8, 4) is 0 Å². The van der Waals surface area contributed by atoms with Crippen molar-refractivity contribution in [1.82, 2.24) is 9.55 Å². The van der Waals surface area contributed by atoms with Crippen LogP contribution in [0.25, 0.3) is 0 Å². The molecule has 7 heteroatoms. The Morgan fingerprint density at radius 3 is 2.17 bits per heavy atom. The molecule has 1 heterocycles. The van der Waals surface area contributed by atoms with Crippen LogP contribution in [0.15, 0.2) is 35.6 Å². The van der Waals surface area contributed by atoms with Gasteiger partial charge in [-0.1, -0.05) is 101 Å². The lowest BCUT2D eigenvalue weighted by molar-refractivity contribution is -0.137. The van der Waals surface area contributed by atoms with Crippen molar-refractivity contribution in [1.29, 1.82) is 0 Å². The predicted molar refractivity (Wildman–Crippen MR) is 142 cm³/mol. The summed E-state index contributed by atoms with van der Waals surface area (Å²) < 4.78 is 1.60. The highest BCUT2D eigenvalue weighted by molar-refractivity contribution is 7.99. The van der Waals surface area contributed by atoms with E-state index in [1.807, 2.05) is 6.07 Å². The number of rotatable bonds is 19. The standard InChI is InChI=1S/C28H42N2O4S/c1-3-4-5-6-7-8-9-10-11-12-16-22-17-13-14-18-23(22)25(19-15-20-26(31)32)35-28-29-21-24(27(33)34)30(28)2/h13-14,17-18,21,25H,3-12,15-16,19-20H2,1-2H3,(H,31,32)(H,33,34). The lowest BCUT2D eigenvalue weighted by Gasteiger charge is -2.20. The number of thioether (sulfide) groups is 1. The number of benzene rings is 1. The summed E-state index contributed by atoms with van der Waals surface area (Å²) in [4.78, 5) is 26.9. The second kappa shape index (κ2) is 16.4. The smallest absolute Gasteiger partial charge is 0.354 e. The van der Waals surface area contributed by atoms with Gasteiger partial charge in [0.15, 0.2) is 5.16 Å². The molecule has 0 aliphatic heterocycles. The average Bonchev–Trinajstić information content (AvgIpc) is 3.20. The average molecular weight is 503 g/mol. The number of aromatic nitrogens is 2. The Morgan fingerprint density at radius 1 is 0.943 bits per heavy atom. The number of aryl methyl sites for hydroxylation is 1. The highest BCUT2D eigenvalue weighted by Crippen LogP contribution is 2.40. The van der Waals surface area contributed by atoms with Gasteiger partial charge in [-0.05, 0) is 36.8 Å². The molecule has 2 aromatic rings. The maximum absolute atomic E-state index is 11.4. The van der Waals surface area contributed by atoms with Crippen LogP contribution >= 0.6 is 11.8 Å². The molecule has 1 unspecified atom stereocenters. The van der Waals surface area contributed by atoms with E-state index in [2.05, 4.69) is 30.1 Å². The number of hydrogen-bond acceptors (Lipinski definition) is 4. The van der Waals surface area contributed by atoms with Crippen molar-refractivity contribution < 1.29 is 19.8 Å². The van der Waals surface area contributed by atoms with Gasteiger partial charge in [-0.25, -0.2) is 9.78 Å². The molecule has 0 aliphatic rings. The van der Waals surface area contributed by atoms with Gasteiger partial charge in [-0.3, -0.25) is 4.79 Å². The topological polar surface area (TPSA) is 92.4 Å². The second-order valence-corrected chi connectivity index (χ2v) is 10.5. The van der Waals surface area contributed by atoms with Crippen LogP contribution in [0.3, 0.4) is 0 Å². The third-order valence-electron chi connectivity index (χ3n) is 6.47. The van der Waals surface area contributed by atoms with Gasteiger partial charge >= 0.3 is 11.9 Å². The number of nitrogens with zero attached hydrogens (tertiary/aromatic N) is 2. The Bertz CT molecular complexity index is 912. The molecular formula is C28H42N2O4S. The van der Waals surface area contributed by atoms with Crippen LogP contribution in [0, 0.1) is 0 Å². The molecule has 0 fully saturated rings. The molecular weight excluding hydrogens is 460 g/mol. The molecule has 2 N–H and O–H groups in total. The van der Waals surface area contributed by atoms with Gasteiger partial charge in [0.05, 0.1) is 6.20 Å². The summed E-state index contributed by atoms with van der Waals surface area (Å²) in [5.74, 6) is -1.80. The van der Waals surface area contributed by atoms with Crippen LogP contribution in [0.4, 0.5) is 0 Å². The summed E-state index contributed by atoms with van der Waals surface area (Å²) >= 11 is 1.53. The van der Waals surface area contributed by atoms with E-state index in [9.17, 15) is 14.7 Å². The summed E-state index contributed by atoms with van der Waals surface area (Å²) in [6, 6.07) is 8.40. The maximum Gasteiger partial charge on any atom is 0.354 e. The van der Waals surface area contributed by atoms with E-state index in [0.717, 1.165) is 12.8 Å². The van der Waals surface area contributed by atoms with Gasteiger partial charge in [0.2, 0.25) is 0 Å². The van der Waals surface area contributed by atoms with Gasteiger partial charge in [0, 0.05) is 18.7 Å². The van der Waals surface area contributed by atoms with Crippen LogP contribution in [-0.4, -0.2) is 31.7 Å². The summed E-state index contributed by atoms with van der Waals surface area (Å²) in [5.41, 5.74) is 2.65. The summed E-state index contributed by atoms with van der Waals surface area (Å²) in [6.45, 7) is 2.25. The fourth-order valence-corrected chi connectivity index (χ4v) is 5.69. The molecule has 194 valence electrons. The number of imidazole rings is 1. The first-order valence-corrected chi connectivity index (χ1v) is 14.0. The Hall–Kier alpha value is -2.28. The molecule has 0 radical (unpaired) electrons. The first-order chi connectivity index (χ1) is 16.9.